The van der Waals surface area contributed by atoms with E-state index in [0.717, 1.165) is 11.3 Å². The number of hydrogen-bond acceptors (Lipinski definition) is 6. The molecule has 0 aromatic carbocycles. The maximum Gasteiger partial charge on any atom is 0.348 e. The van der Waals surface area contributed by atoms with E-state index in [4.69, 9.17) is 4.74 Å². The van der Waals surface area contributed by atoms with Gasteiger partial charge in [-0.2, -0.15) is 4.98 Å². The Morgan fingerprint density at radius 3 is 2.78 bits per heavy atom. The van der Waals surface area contributed by atoms with Crippen molar-refractivity contribution in [3.63, 3.8) is 0 Å². The SMILES string of the molecule is Cc1cc(C)n(CCNC(=O)[C@H](c2cccnc2)N2CCOCC2)c(=O)n1. The van der Waals surface area contributed by atoms with Crippen molar-refractivity contribution in [3.05, 3.63) is 58.0 Å². The summed E-state index contributed by atoms with van der Waals surface area (Å²) in [5, 5.41) is 2.96. The van der Waals surface area contributed by atoms with Gasteiger partial charge in [-0.3, -0.25) is 19.2 Å². The van der Waals surface area contributed by atoms with E-state index in [9.17, 15) is 9.59 Å². The lowest BCUT2D eigenvalue weighted by Crippen LogP contribution is -2.46. The molecule has 1 aliphatic rings. The summed E-state index contributed by atoms with van der Waals surface area (Å²) in [5.74, 6) is -0.101. The summed E-state index contributed by atoms with van der Waals surface area (Å²) in [6.07, 6.45) is 3.41. The van der Waals surface area contributed by atoms with Gasteiger partial charge in [0, 0.05) is 50.0 Å². The molecule has 3 heterocycles. The minimum absolute atomic E-state index is 0.101. The molecule has 0 spiro atoms. The molecule has 27 heavy (non-hydrogen) atoms. The summed E-state index contributed by atoms with van der Waals surface area (Å²) in [6.45, 7) is 6.98. The van der Waals surface area contributed by atoms with Crippen molar-refractivity contribution in [3.8, 4) is 0 Å². The summed E-state index contributed by atoms with van der Waals surface area (Å²) < 4.78 is 6.98. The molecule has 1 N–H and O–H groups in total. The molecule has 0 bridgehead atoms. The number of carbonyl (C=O) groups is 1. The van der Waals surface area contributed by atoms with Crippen LogP contribution in [0.15, 0.2) is 35.4 Å². The molecule has 2 aromatic heterocycles. The van der Waals surface area contributed by atoms with E-state index in [2.05, 4.69) is 20.2 Å². The minimum atomic E-state index is -0.420. The van der Waals surface area contributed by atoms with Gasteiger partial charge >= 0.3 is 5.69 Å². The third-order valence-corrected chi connectivity index (χ3v) is 4.64. The Balaban J connectivity index is 1.69. The molecule has 8 heteroatoms. The minimum Gasteiger partial charge on any atom is -0.379 e. The van der Waals surface area contributed by atoms with Crippen LogP contribution in [-0.2, 0) is 16.1 Å². The molecule has 1 amide bonds. The number of aromatic nitrogens is 3. The van der Waals surface area contributed by atoms with Crippen LogP contribution >= 0.6 is 0 Å². The molecule has 2 aromatic rings. The van der Waals surface area contributed by atoms with Crippen molar-refractivity contribution < 1.29 is 9.53 Å². The fraction of sp³-hybridized carbons (Fsp3) is 0.474. The molecule has 0 radical (unpaired) electrons. The summed E-state index contributed by atoms with van der Waals surface area (Å²) in [7, 11) is 0. The lowest BCUT2D eigenvalue weighted by atomic mass is 10.1. The zero-order chi connectivity index (χ0) is 19.2. The van der Waals surface area contributed by atoms with Gasteiger partial charge in [0.1, 0.15) is 6.04 Å². The number of morpholine rings is 1. The number of rotatable bonds is 6. The molecule has 1 saturated heterocycles. The normalized spacial score (nSPS) is 16.1. The molecule has 1 fully saturated rings. The van der Waals surface area contributed by atoms with Gasteiger partial charge in [-0.15, -0.1) is 0 Å². The van der Waals surface area contributed by atoms with E-state index in [0.29, 0.717) is 45.1 Å². The molecule has 1 atom stereocenters. The van der Waals surface area contributed by atoms with Crippen LogP contribution in [0.3, 0.4) is 0 Å². The quantitative estimate of drug-likeness (QED) is 0.793. The first-order chi connectivity index (χ1) is 13.1. The second kappa shape index (κ2) is 8.88. The van der Waals surface area contributed by atoms with Crippen LogP contribution in [0.5, 0.6) is 0 Å². The third-order valence-electron chi connectivity index (χ3n) is 4.64. The average Bonchev–Trinajstić information content (AvgIpc) is 2.66. The molecule has 144 valence electrons. The van der Waals surface area contributed by atoms with Crippen LogP contribution in [0.25, 0.3) is 0 Å². The smallest absolute Gasteiger partial charge is 0.348 e. The lowest BCUT2D eigenvalue weighted by Gasteiger charge is -2.33. The van der Waals surface area contributed by atoms with Crippen molar-refractivity contribution in [2.24, 2.45) is 0 Å². The van der Waals surface area contributed by atoms with Crippen molar-refractivity contribution in [1.82, 2.24) is 24.8 Å². The van der Waals surface area contributed by atoms with Crippen molar-refractivity contribution in [2.75, 3.05) is 32.8 Å². The van der Waals surface area contributed by atoms with Gasteiger partial charge in [0.2, 0.25) is 5.91 Å². The fourth-order valence-electron chi connectivity index (χ4n) is 3.34. The molecular weight excluding hydrogens is 346 g/mol. The van der Waals surface area contributed by atoms with Crippen LogP contribution in [-0.4, -0.2) is 58.2 Å². The van der Waals surface area contributed by atoms with Gasteiger partial charge in [-0.05, 0) is 31.5 Å². The highest BCUT2D eigenvalue weighted by atomic mass is 16.5. The van der Waals surface area contributed by atoms with E-state index in [1.54, 1.807) is 23.9 Å². The summed E-state index contributed by atoms with van der Waals surface area (Å²) in [6, 6.07) is 5.17. The maximum absolute atomic E-state index is 12.9. The number of ether oxygens (including phenoxy) is 1. The Labute approximate surface area is 158 Å². The second-order valence-corrected chi connectivity index (χ2v) is 6.60. The highest BCUT2D eigenvalue weighted by molar-refractivity contribution is 5.83. The van der Waals surface area contributed by atoms with Crippen LogP contribution in [0.2, 0.25) is 0 Å². The molecule has 1 aliphatic heterocycles. The number of nitrogens with zero attached hydrogens (tertiary/aromatic N) is 4. The first kappa shape index (κ1) is 19.2. The summed E-state index contributed by atoms with van der Waals surface area (Å²) in [4.78, 5) is 35.2. The number of nitrogens with one attached hydrogen (secondary N) is 1. The topological polar surface area (TPSA) is 89.4 Å². The van der Waals surface area contributed by atoms with Gasteiger partial charge in [-0.1, -0.05) is 6.07 Å². The first-order valence-corrected chi connectivity index (χ1v) is 9.11. The average molecular weight is 371 g/mol. The van der Waals surface area contributed by atoms with Gasteiger partial charge in [-0.25, -0.2) is 4.79 Å². The third kappa shape index (κ3) is 4.78. The van der Waals surface area contributed by atoms with E-state index in [1.807, 2.05) is 25.1 Å². The number of hydrogen-bond donors (Lipinski definition) is 1. The van der Waals surface area contributed by atoms with Gasteiger partial charge < -0.3 is 10.1 Å². The summed E-state index contributed by atoms with van der Waals surface area (Å²) in [5.41, 5.74) is 2.08. The number of carbonyl (C=O) groups excluding carboxylic acids is 1. The standard InChI is InChI=1S/C19H25N5O3/c1-14-12-15(2)24(19(26)22-14)7-6-21-18(25)17(16-4-3-5-20-13-16)23-8-10-27-11-9-23/h3-5,12-13,17H,6-11H2,1-2H3,(H,21,25)/t17-/m0/s1. The van der Waals surface area contributed by atoms with Gasteiger partial charge in [0.15, 0.2) is 0 Å². The van der Waals surface area contributed by atoms with Crippen molar-refractivity contribution in [1.29, 1.82) is 0 Å². The highest BCUT2D eigenvalue weighted by Crippen LogP contribution is 2.21. The molecule has 3 rings (SSSR count). The largest absolute Gasteiger partial charge is 0.379 e. The number of aryl methyl sites for hydroxylation is 2. The Morgan fingerprint density at radius 1 is 1.33 bits per heavy atom. The number of pyridine rings is 1. The van der Waals surface area contributed by atoms with Crippen LogP contribution < -0.4 is 11.0 Å². The monoisotopic (exact) mass is 371 g/mol. The van der Waals surface area contributed by atoms with E-state index in [-0.39, 0.29) is 11.6 Å². The van der Waals surface area contributed by atoms with E-state index < -0.39 is 6.04 Å². The molecule has 0 unspecified atom stereocenters. The van der Waals surface area contributed by atoms with Gasteiger partial charge in [0.25, 0.3) is 0 Å². The lowest BCUT2D eigenvalue weighted by molar-refractivity contribution is -0.128. The zero-order valence-corrected chi connectivity index (χ0v) is 15.7. The highest BCUT2D eigenvalue weighted by Gasteiger charge is 2.29. The van der Waals surface area contributed by atoms with Crippen LogP contribution in [0.4, 0.5) is 0 Å². The maximum atomic E-state index is 12.9. The Kier molecular flexibility index (Phi) is 6.31. The van der Waals surface area contributed by atoms with Crippen LogP contribution in [0, 0.1) is 13.8 Å². The summed E-state index contributed by atoms with van der Waals surface area (Å²) >= 11 is 0. The predicted octanol–water partition coefficient (Wildman–Crippen LogP) is 0.445. The predicted molar refractivity (Wildman–Crippen MR) is 100 cm³/mol. The first-order valence-electron chi connectivity index (χ1n) is 9.11. The molecule has 0 aliphatic carbocycles. The number of amides is 1. The fourth-order valence-corrected chi connectivity index (χ4v) is 3.34. The zero-order valence-electron chi connectivity index (χ0n) is 15.7. The van der Waals surface area contributed by atoms with Crippen molar-refractivity contribution in [2.45, 2.75) is 26.4 Å². The van der Waals surface area contributed by atoms with Crippen molar-refractivity contribution >= 4 is 5.91 Å². The second-order valence-electron chi connectivity index (χ2n) is 6.60. The Morgan fingerprint density at radius 2 is 2.11 bits per heavy atom. The van der Waals surface area contributed by atoms with E-state index in [1.165, 1.54) is 0 Å². The molecular formula is C19H25N5O3. The van der Waals surface area contributed by atoms with E-state index >= 15 is 0 Å². The van der Waals surface area contributed by atoms with Crippen LogP contribution in [0.1, 0.15) is 23.0 Å². The Hall–Kier alpha value is -2.58. The van der Waals surface area contributed by atoms with Gasteiger partial charge in [0.05, 0.1) is 13.2 Å². The Bertz CT molecular complexity index is 831. The molecule has 8 nitrogen and oxygen atoms in total. The molecule has 0 saturated carbocycles.